The molecule has 4 heteroatoms. The second-order valence-corrected chi connectivity index (χ2v) is 6.59. The van der Waals surface area contributed by atoms with Crippen molar-refractivity contribution in [2.75, 3.05) is 13.1 Å². The standard InChI is InChI=1S/C15H30N4/c1-6-9-19-14(17-12-18-19)10-15(4,5)7-8-16-11-13(2)3/h12-13,16H,6-11H2,1-5H3. The average Bonchev–Trinajstić information content (AvgIpc) is 2.72. The van der Waals surface area contributed by atoms with Crippen LogP contribution in [0.2, 0.25) is 0 Å². The first kappa shape index (κ1) is 16.2. The van der Waals surface area contributed by atoms with Crippen LogP contribution >= 0.6 is 0 Å². The van der Waals surface area contributed by atoms with E-state index < -0.39 is 0 Å². The Bertz CT molecular complexity index is 355. The molecule has 1 aromatic heterocycles. The molecule has 1 aromatic rings. The zero-order valence-corrected chi connectivity index (χ0v) is 13.2. The molecule has 4 nitrogen and oxygen atoms in total. The minimum atomic E-state index is 0.266. The Morgan fingerprint density at radius 3 is 2.74 bits per heavy atom. The van der Waals surface area contributed by atoms with Gasteiger partial charge in [0.15, 0.2) is 0 Å². The topological polar surface area (TPSA) is 42.7 Å². The van der Waals surface area contributed by atoms with Crippen molar-refractivity contribution in [2.24, 2.45) is 11.3 Å². The quantitative estimate of drug-likeness (QED) is 0.699. The molecule has 110 valence electrons. The highest BCUT2D eigenvalue weighted by atomic mass is 15.3. The molecule has 0 aliphatic rings. The van der Waals surface area contributed by atoms with Crippen molar-refractivity contribution >= 4 is 0 Å². The van der Waals surface area contributed by atoms with E-state index in [4.69, 9.17) is 0 Å². The van der Waals surface area contributed by atoms with Crippen LogP contribution in [0.1, 0.15) is 53.3 Å². The van der Waals surface area contributed by atoms with Crippen molar-refractivity contribution in [3.8, 4) is 0 Å². The first-order valence-electron chi connectivity index (χ1n) is 7.52. The lowest BCUT2D eigenvalue weighted by atomic mass is 9.85. The van der Waals surface area contributed by atoms with E-state index in [1.54, 1.807) is 6.33 Å². The van der Waals surface area contributed by atoms with Gasteiger partial charge in [-0.15, -0.1) is 0 Å². The molecule has 0 aliphatic heterocycles. The average molecular weight is 266 g/mol. The van der Waals surface area contributed by atoms with Gasteiger partial charge in [-0.2, -0.15) is 5.10 Å². The summed E-state index contributed by atoms with van der Waals surface area (Å²) in [6, 6.07) is 0. The summed E-state index contributed by atoms with van der Waals surface area (Å²) in [6.07, 6.45) is 4.94. The Hall–Kier alpha value is -0.900. The summed E-state index contributed by atoms with van der Waals surface area (Å²) in [4.78, 5) is 4.41. The number of rotatable bonds is 9. The molecule has 0 saturated carbocycles. The molecule has 1 rings (SSSR count). The number of nitrogens with zero attached hydrogens (tertiary/aromatic N) is 3. The van der Waals surface area contributed by atoms with E-state index in [0.717, 1.165) is 44.2 Å². The molecular weight excluding hydrogens is 236 g/mol. The lowest BCUT2D eigenvalue weighted by Gasteiger charge is -2.24. The number of nitrogens with one attached hydrogen (secondary N) is 1. The Balaban J connectivity index is 2.42. The summed E-state index contributed by atoms with van der Waals surface area (Å²) in [5.74, 6) is 1.84. The molecule has 0 fully saturated rings. The van der Waals surface area contributed by atoms with Gasteiger partial charge in [0.05, 0.1) is 0 Å². The highest BCUT2D eigenvalue weighted by Gasteiger charge is 2.21. The summed E-state index contributed by atoms with van der Waals surface area (Å²) in [5, 5.41) is 7.82. The first-order chi connectivity index (χ1) is 8.94. The van der Waals surface area contributed by atoms with Crippen LogP contribution in [-0.2, 0) is 13.0 Å². The third-order valence-electron chi connectivity index (χ3n) is 3.30. The third-order valence-corrected chi connectivity index (χ3v) is 3.30. The van der Waals surface area contributed by atoms with Crippen molar-refractivity contribution < 1.29 is 0 Å². The summed E-state index contributed by atoms with van der Waals surface area (Å²) in [5.41, 5.74) is 0.266. The van der Waals surface area contributed by atoms with Gasteiger partial charge in [-0.1, -0.05) is 34.6 Å². The molecular formula is C15H30N4. The lowest BCUT2D eigenvalue weighted by molar-refractivity contribution is 0.309. The maximum atomic E-state index is 4.41. The van der Waals surface area contributed by atoms with Gasteiger partial charge in [0, 0.05) is 13.0 Å². The summed E-state index contributed by atoms with van der Waals surface area (Å²) in [6.45, 7) is 14.4. The van der Waals surface area contributed by atoms with Crippen LogP contribution in [0.15, 0.2) is 6.33 Å². The molecule has 1 heterocycles. The summed E-state index contributed by atoms with van der Waals surface area (Å²) >= 11 is 0. The van der Waals surface area contributed by atoms with Gasteiger partial charge in [-0.05, 0) is 37.3 Å². The highest BCUT2D eigenvalue weighted by molar-refractivity contribution is 4.91. The fraction of sp³-hybridized carbons (Fsp3) is 0.867. The first-order valence-corrected chi connectivity index (χ1v) is 7.52. The Morgan fingerprint density at radius 1 is 1.37 bits per heavy atom. The van der Waals surface area contributed by atoms with Crippen molar-refractivity contribution in [1.29, 1.82) is 0 Å². The Labute approximate surface area is 118 Å². The monoisotopic (exact) mass is 266 g/mol. The van der Waals surface area contributed by atoms with Crippen molar-refractivity contribution in [1.82, 2.24) is 20.1 Å². The summed E-state index contributed by atoms with van der Waals surface area (Å²) < 4.78 is 2.04. The van der Waals surface area contributed by atoms with Gasteiger partial charge in [-0.25, -0.2) is 4.98 Å². The molecule has 0 aliphatic carbocycles. The van der Waals surface area contributed by atoms with Crippen molar-refractivity contribution in [3.63, 3.8) is 0 Å². The molecule has 0 atom stereocenters. The zero-order valence-electron chi connectivity index (χ0n) is 13.2. The lowest BCUT2D eigenvalue weighted by Crippen LogP contribution is -2.27. The van der Waals surface area contributed by atoms with Crippen LogP contribution in [0.5, 0.6) is 0 Å². The van der Waals surface area contributed by atoms with Crippen molar-refractivity contribution in [2.45, 2.75) is 60.4 Å². The van der Waals surface area contributed by atoms with Crippen LogP contribution in [0.25, 0.3) is 0 Å². The van der Waals surface area contributed by atoms with Crippen LogP contribution in [0, 0.1) is 11.3 Å². The fourth-order valence-electron chi connectivity index (χ4n) is 2.16. The normalized spacial score (nSPS) is 12.3. The van der Waals surface area contributed by atoms with Crippen LogP contribution in [0.4, 0.5) is 0 Å². The smallest absolute Gasteiger partial charge is 0.138 e. The second kappa shape index (κ2) is 7.63. The maximum absolute atomic E-state index is 4.41. The van der Waals surface area contributed by atoms with E-state index in [9.17, 15) is 0 Å². The van der Waals surface area contributed by atoms with E-state index in [-0.39, 0.29) is 5.41 Å². The minimum Gasteiger partial charge on any atom is -0.316 e. The molecule has 0 radical (unpaired) electrons. The molecule has 0 bridgehead atoms. The van der Waals surface area contributed by atoms with Gasteiger partial charge in [0.1, 0.15) is 12.2 Å². The largest absolute Gasteiger partial charge is 0.316 e. The SMILES string of the molecule is CCCn1ncnc1CC(C)(C)CCNCC(C)C. The van der Waals surface area contributed by atoms with Gasteiger partial charge in [0.25, 0.3) is 0 Å². The van der Waals surface area contributed by atoms with Crippen LogP contribution < -0.4 is 5.32 Å². The second-order valence-electron chi connectivity index (χ2n) is 6.59. The molecule has 0 saturated heterocycles. The van der Waals surface area contributed by atoms with Crippen LogP contribution in [0.3, 0.4) is 0 Å². The van der Waals surface area contributed by atoms with E-state index in [1.165, 1.54) is 6.42 Å². The van der Waals surface area contributed by atoms with E-state index in [2.05, 4.69) is 50.0 Å². The predicted molar refractivity (Wildman–Crippen MR) is 80.1 cm³/mol. The molecule has 0 aromatic carbocycles. The number of hydrogen-bond donors (Lipinski definition) is 1. The molecule has 0 unspecified atom stereocenters. The van der Waals surface area contributed by atoms with E-state index in [1.807, 2.05) is 4.68 Å². The third kappa shape index (κ3) is 6.19. The minimum absolute atomic E-state index is 0.266. The number of aryl methyl sites for hydroxylation is 1. The number of hydrogen-bond acceptors (Lipinski definition) is 3. The van der Waals surface area contributed by atoms with Crippen LogP contribution in [-0.4, -0.2) is 27.9 Å². The van der Waals surface area contributed by atoms with Crippen molar-refractivity contribution in [3.05, 3.63) is 12.2 Å². The highest BCUT2D eigenvalue weighted by Crippen LogP contribution is 2.24. The van der Waals surface area contributed by atoms with Gasteiger partial charge in [-0.3, -0.25) is 4.68 Å². The van der Waals surface area contributed by atoms with Gasteiger partial charge >= 0.3 is 0 Å². The summed E-state index contributed by atoms with van der Waals surface area (Å²) in [7, 11) is 0. The molecule has 1 N–H and O–H groups in total. The Kier molecular flexibility index (Phi) is 6.49. The predicted octanol–water partition coefficient (Wildman–Crippen LogP) is 2.89. The Morgan fingerprint density at radius 2 is 2.11 bits per heavy atom. The fourth-order valence-corrected chi connectivity index (χ4v) is 2.16. The molecule has 0 spiro atoms. The maximum Gasteiger partial charge on any atom is 0.138 e. The van der Waals surface area contributed by atoms with Gasteiger partial charge in [0.2, 0.25) is 0 Å². The molecule has 0 amide bonds. The van der Waals surface area contributed by atoms with E-state index in [0.29, 0.717) is 0 Å². The number of aromatic nitrogens is 3. The zero-order chi connectivity index (χ0) is 14.3. The van der Waals surface area contributed by atoms with E-state index >= 15 is 0 Å². The van der Waals surface area contributed by atoms with Gasteiger partial charge < -0.3 is 5.32 Å². The molecule has 19 heavy (non-hydrogen) atoms.